The molecule has 13 heavy (non-hydrogen) atoms. The largest absolute Gasteiger partial charge is 0.388 e. The summed E-state index contributed by atoms with van der Waals surface area (Å²) >= 11 is 5.95. The summed E-state index contributed by atoms with van der Waals surface area (Å²) < 4.78 is 0. The standard InChI is InChI=1S/C11H16ClN/c1-11(2,3)9-7-8(12)5-6-10(9)13-4/h5-7,13H,1-4H3. The molecule has 0 aliphatic heterocycles. The van der Waals surface area contributed by atoms with Gasteiger partial charge < -0.3 is 5.32 Å². The summed E-state index contributed by atoms with van der Waals surface area (Å²) in [6.07, 6.45) is 0. The van der Waals surface area contributed by atoms with Gasteiger partial charge in [-0.3, -0.25) is 0 Å². The minimum absolute atomic E-state index is 0.128. The van der Waals surface area contributed by atoms with Gasteiger partial charge in [-0.2, -0.15) is 0 Å². The number of rotatable bonds is 1. The van der Waals surface area contributed by atoms with Crippen LogP contribution in [0.25, 0.3) is 0 Å². The molecule has 0 aliphatic rings. The van der Waals surface area contributed by atoms with Crippen molar-refractivity contribution in [3.05, 3.63) is 28.8 Å². The highest BCUT2D eigenvalue weighted by atomic mass is 35.5. The van der Waals surface area contributed by atoms with Crippen LogP contribution in [0.15, 0.2) is 18.2 Å². The lowest BCUT2D eigenvalue weighted by molar-refractivity contribution is 0.592. The summed E-state index contributed by atoms with van der Waals surface area (Å²) in [5.41, 5.74) is 2.53. The summed E-state index contributed by atoms with van der Waals surface area (Å²) in [5, 5.41) is 3.97. The molecular formula is C11H16ClN. The predicted octanol–water partition coefficient (Wildman–Crippen LogP) is 3.68. The van der Waals surface area contributed by atoms with Crippen LogP contribution in [0.2, 0.25) is 5.02 Å². The maximum Gasteiger partial charge on any atom is 0.0410 e. The number of hydrogen-bond acceptors (Lipinski definition) is 1. The van der Waals surface area contributed by atoms with Crippen molar-refractivity contribution in [2.45, 2.75) is 26.2 Å². The molecule has 0 radical (unpaired) electrons. The molecule has 0 saturated carbocycles. The molecule has 0 saturated heterocycles. The van der Waals surface area contributed by atoms with Crippen LogP contribution in [0.3, 0.4) is 0 Å². The van der Waals surface area contributed by atoms with Crippen molar-refractivity contribution in [1.29, 1.82) is 0 Å². The van der Waals surface area contributed by atoms with Crippen LogP contribution in [0.4, 0.5) is 5.69 Å². The lowest BCUT2D eigenvalue weighted by atomic mass is 9.86. The van der Waals surface area contributed by atoms with Gasteiger partial charge in [0.2, 0.25) is 0 Å². The van der Waals surface area contributed by atoms with Gasteiger partial charge in [-0.15, -0.1) is 0 Å². The Bertz CT molecular complexity index is 299. The van der Waals surface area contributed by atoms with E-state index in [-0.39, 0.29) is 5.41 Å². The van der Waals surface area contributed by atoms with Crippen molar-refractivity contribution in [1.82, 2.24) is 0 Å². The Labute approximate surface area is 85.1 Å². The van der Waals surface area contributed by atoms with Gasteiger partial charge in [-0.05, 0) is 29.2 Å². The zero-order valence-electron chi connectivity index (χ0n) is 8.61. The molecule has 0 fully saturated rings. The van der Waals surface area contributed by atoms with Crippen LogP contribution in [-0.2, 0) is 5.41 Å². The zero-order chi connectivity index (χ0) is 10.1. The Kier molecular flexibility index (Phi) is 2.87. The Morgan fingerprint density at radius 3 is 2.31 bits per heavy atom. The number of benzene rings is 1. The minimum Gasteiger partial charge on any atom is -0.388 e. The molecule has 1 aromatic carbocycles. The van der Waals surface area contributed by atoms with Crippen LogP contribution in [0.1, 0.15) is 26.3 Å². The van der Waals surface area contributed by atoms with Crippen LogP contribution in [0.5, 0.6) is 0 Å². The molecule has 0 unspecified atom stereocenters. The Hall–Kier alpha value is -0.690. The fourth-order valence-corrected chi connectivity index (χ4v) is 1.53. The molecule has 1 rings (SSSR count). The molecular weight excluding hydrogens is 182 g/mol. The highest BCUT2D eigenvalue weighted by molar-refractivity contribution is 6.30. The average Bonchev–Trinajstić information content (AvgIpc) is 2.03. The molecule has 1 aromatic rings. The van der Waals surface area contributed by atoms with Crippen LogP contribution in [-0.4, -0.2) is 7.05 Å². The second-order valence-electron chi connectivity index (χ2n) is 4.19. The lowest BCUT2D eigenvalue weighted by Crippen LogP contribution is -2.13. The third-order valence-electron chi connectivity index (χ3n) is 2.06. The van der Waals surface area contributed by atoms with Gasteiger partial charge in [0.1, 0.15) is 0 Å². The topological polar surface area (TPSA) is 12.0 Å². The van der Waals surface area contributed by atoms with Crippen molar-refractivity contribution >= 4 is 17.3 Å². The Morgan fingerprint density at radius 2 is 1.85 bits per heavy atom. The second-order valence-corrected chi connectivity index (χ2v) is 4.63. The van der Waals surface area contributed by atoms with E-state index in [0.717, 1.165) is 10.7 Å². The fraction of sp³-hybridized carbons (Fsp3) is 0.455. The van der Waals surface area contributed by atoms with E-state index in [2.05, 4.69) is 26.1 Å². The number of halogens is 1. The van der Waals surface area contributed by atoms with Crippen molar-refractivity contribution in [2.24, 2.45) is 0 Å². The first-order valence-corrected chi connectivity index (χ1v) is 4.80. The molecule has 0 aromatic heterocycles. The van der Waals surface area contributed by atoms with E-state index in [1.165, 1.54) is 5.56 Å². The molecule has 0 heterocycles. The smallest absolute Gasteiger partial charge is 0.0410 e. The molecule has 0 aliphatic carbocycles. The Morgan fingerprint density at radius 1 is 1.23 bits per heavy atom. The average molecular weight is 198 g/mol. The van der Waals surface area contributed by atoms with Crippen molar-refractivity contribution in [3.8, 4) is 0 Å². The van der Waals surface area contributed by atoms with Crippen LogP contribution in [0, 0.1) is 0 Å². The molecule has 0 amide bonds. The SMILES string of the molecule is CNc1ccc(Cl)cc1C(C)(C)C. The van der Waals surface area contributed by atoms with Crippen LogP contribution < -0.4 is 5.32 Å². The molecule has 1 nitrogen and oxygen atoms in total. The van der Waals surface area contributed by atoms with E-state index in [1.807, 2.05) is 25.2 Å². The van der Waals surface area contributed by atoms with E-state index >= 15 is 0 Å². The molecule has 2 heteroatoms. The van der Waals surface area contributed by atoms with Gasteiger partial charge >= 0.3 is 0 Å². The second kappa shape index (κ2) is 3.59. The summed E-state index contributed by atoms with van der Waals surface area (Å²) in [5.74, 6) is 0. The van der Waals surface area contributed by atoms with E-state index < -0.39 is 0 Å². The van der Waals surface area contributed by atoms with Gasteiger partial charge in [-0.25, -0.2) is 0 Å². The van der Waals surface area contributed by atoms with E-state index in [9.17, 15) is 0 Å². The normalized spacial score (nSPS) is 11.5. The minimum atomic E-state index is 0.128. The quantitative estimate of drug-likeness (QED) is 0.725. The molecule has 1 N–H and O–H groups in total. The maximum atomic E-state index is 5.95. The van der Waals surface area contributed by atoms with E-state index in [1.54, 1.807) is 0 Å². The summed E-state index contributed by atoms with van der Waals surface area (Å²) in [4.78, 5) is 0. The van der Waals surface area contributed by atoms with E-state index in [4.69, 9.17) is 11.6 Å². The summed E-state index contributed by atoms with van der Waals surface area (Å²) in [6, 6.07) is 5.94. The van der Waals surface area contributed by atoms with E-state index in [0.29, 0.717) is 0 Å². The van der Waals surface area contributed by atoms with Gasteiger partial charge in [0.05, 0.1) is 0 Å². The van der Waals surface area contributed by atoms with Crippen molar-refractivity contribution in [3.63, 3.8) is 0 Å². The lowest BCUT2D eigenvalue weighted by Gasteiger charge is -2.22. The third-order valence-corrected chi connectivity index (χ3v) is 2.29. The fourth-order valence-electron chi connectivity index (χ4n) is 1.35. The number of anilines is 1. The van der Waals surface area contributed by atoms with Crippen molar-refractivity contribution < 1.29 is 0 Å². The van der Waals surface area contributed by atoms with Gasteiger partial charge in [0, 0.05) is 17.8 Å². The third kappa shape index (κ3) is 2.38. The molecule has 0 bridgehead atoms. The van der Waals surface area contributed by atoms with Crippen molar-refractivity contribution in [2.75, 3.05) is 12.4 Å². The molecule has 0 atom stereocenters. The molecule has 0 spiro atoms. The van der Waals surface area contributed by atoms with Crippen LogP contribution >= 0.6 is 11.6 Å². The molecule has 72 valence electrons. The van der Waals surface area contributed by atoms with Gasteiger partial charge in [0.15, 0.2) is 0 Å². The number of nitrogens with one attached hydrogen (secondary N) is 1. The monoisotopic (exact) mass is 197 g/mol. The maximum absolute atomic E-state index is 5.95. The Balaban J connectivity index is 3.24. The summed E-state index contributed by atoms with van der Waals surface area (Å²) in [6.45, 7) is 6.54. The van der Waals surface area contributed by atoms with Gasteiger partial charge in [0.25, 0.3) is 0 Å². The van der Waals surface area contributed by atoms with Gasteiger partial charge in [-0.1, -0.05) is 32.4 Å². The predicted molar refractivity (Wildman–Crippen MR) is 59.7 cm³/mol. The first kappa shape index (κ1) is 10.4. The number of hydrogen-bond donors (Lipinski definition) is 1. The first-order valence-electron chi connectivity index (χ1n) is 4.43. The summed E-state index contributed by atoms with van der Waals surface area (Å²) in [7, 11) is 1.93. The zero-order valence-corrected chi connectivity index (χ0v) is 9.37. The highest BCUT2D eigenvalue weighted by Gasteiger charge is 2.17. The first-order chi connectivity index (χ1) is 5.95. The highest BCUT2D eigenvalue weighted by Crippen LogP contribution is 2.31.